The Labute approximate surface area is 122 Å². The van der Waals surface area contributed by atoms with Crippen LogP contribution in [0.15, 0.2) is 42.6 Å². The van der Waals surface area contributed by atoms with E-state index in [-0.39, 0.29) is 0 Å². The minimum absolute atomic E-state index is 0.468. The summed E-state index contributed by atoms with van der Waals surface area (Å²) < 4.78 is 0. The molecule has 2 heterocycles. The van der Waals surface area contributed by atoms with Gasteiger partial charge in [-0.3, -0.25) is 0 Å². The van der Waals surface area contributed by atoms with E-state index >= 15 is 0 Å². The van der Waals surface area contributed by atoms with Gasteiger partial charge in [-0.15, -0.1) is 0 Å². The Hall–Kier alpha value is -2.82. The van der Waals surface area contributed by atoms with Gasteiger partial charge in [-0.2, -0.15) is 0 Å². The van der Waals surface area contributed by atoms with Gasteiger partial charge in [0, 0.05) is 17.3 Å². The fraction of sp³-hybridized carbons (Fsp3) is 0.125. The van der Waals surface area contributed by atoms with E-state index in [1.165, 1.54) is 0 Å². The van der Waals surface area contributed by atoms with Crippen molar-refractivity contribution in [3.8, 4) is 22.8 Å². The van der Waals surface area contributed by atoms with E-state index in [4.69, 9.17) is 5.73 Å². The second-order valence-corrected chi connectivity index (χ2v) is 4.76. The molecule has 3 aromatic rings. The van der Waals surface area contributed by atoms with Gasteiger partial charge in [-0.05, 0) is 19.9 Å². The molecule has 5 nitrogen and oxygen atoms in total. The highest BCUT2D eigenvalue weighted by Gasteiger charge is 2.12. The van der Waals surface area contributed by atoms with Crippen LogP contribution in [-0.4, -0.2) is 19.9 Å². The first-order valence-corrected chi connectivity index (χ1v) is 6.64. The van der Waals surface area contributed by atoms with E-state index in [9.17, 15) is 0 Å². The second-order valence-electron chi connectivity index (χ2n) is 4.76. The van der Waals surface area contributed by atoms with E-state index in [2.05, 4.69) is 19.9 Å². The van der Waals surface area contributed by atoms with Gasteiger partial charge in [0.15, 0.2) is 5.82 Å². The van der Waals surface area contributed by atoms with Gasteiger partial charge in [-0.1, -0.05) is 30.3 Å². The minimum atomic E-state index is 0.468. The standard InChI is InChI=1S/C16H15N5/c1-10-14(12-6-4-3-5-7-12)20-16(21-15(10)17)13-8-9-18-11(2)19-13/h3-9H,1-2H3,(H2,17,20,21). The number of hydrogen-bond donors (Lipinski definition) is 1. The lowest BCUT2D eigenvalue weighted by Crippen LogP contribution is -2.03. The number of anilines is 1. The average Bonchev–Trinajstić information content (AvgIpc) is 2.51. The number of nitrogens with two attached hydrogens (primary N) is 1. The molecule has 2 aromatic heterocycles. The minimum Gasteiger partial charge on any atom is -0.383 e. The summed E-state index contributed by atoms with van der Waals surface area (Å²) in [6.45, 7) is 3.76. The molecule has 0 spiro atoms. The van der Waals surface area contributed by atoms with Crippen LogP contribution in [-0.2, 0) is 0 Å². The lowest BCUT2D eigenvalue weighted by atomic mass is 10.1. The van der Waals surface area contributed by atoms with Crippen molar-refractivity contribution in [2.45, 2.75) is 13.8 Å². The first-order chi connectivity index (χ1) is 10.1. The maximum absolute atomic E-state index is 6.04. The van der Waals surface area contributed by atoms with Gasteiger partial charge < -0.3 is 5.73 Å². The quantitative estimate of drug-likeness (QED) is 0.779. The molecule has 5 heteroatoms. The second kappa shape index (κ2) is 5.28. The topological polar surface area (TPSA) is 77.6 Å². The van der Waals surface area contributed by atoms with Crippen molar-refractivity contribution in [3.63, 3.8) is 0 Å². The lowest BCUT2D eigenvalue weighted by Gasteiger charge is -2.10. The Balaban J connectivity index is 2.19. The number of nitrogens with zero attached hydrogens (tertiary/aromatic N) is 4. The van der Waals surface area contributed by atoms with Crippen LogP contribution in [0.25, 0.3) is 22.8 Å². The van der Waals surface area contributed by atoms with Gasteiger partial charge in [0.25, 0.3) is 0 Å². The van der Waals surface area contributed by atoms with Gasteiger partial charge in [0.05, 0.1) is 5.69 Å². The molecule has 0 fully saturated rings. The average molecular weight is 277 g/mol. The molecule has 0 radical (unpaired) electrons. The number of nitrogen functional groups attached to an aromatic ring is 1. The zero-order chi connectivity index (χ0) is 14.8. The smallest absolute Gasteiger partial charge is 0.180 e. The van der Waals surface area contributed by atoms with E-state index in [1.54, 1.807) is 12.3 Å². The summed E-state index contributed by atoms with van der Waals surface area (Å²) in [5, 5.41) is 0. The van der Waals surface area contributed by atoms with Crippen molar-refractivity contribution in [2.75, 3.05) is 5.73 Å². The van der Waals surface area contributed by atoms with Gasteiger partial charge >= 0.3 is 0 Å². The van der Waals surface area contributed by atoms with Crippen LogP contribution in [0.2, 0.25) is 0 Å². The third kappa shape index (κ3) is 2.58. The summed E-state index contributed by atoms with van der Waals surface area (Å²) >= 11 is 0. The Bertz CT molecular complexity index is 784. The summed E-state index contributed by atoms with van der Waals surface area (Å²) in [5.74, 6) is 1.66. The van der Waals surface area contributed by atoms with Crippen molar-refractivity contribution < 1.29 is 0 Å². The van der Waals surface area contributed by atoms with Crippen molar-refractivity contribution in [1.29, 1.82) is 0 Å². The summed E-state index contributed by atoms with van der Waals surface area (Å²) in [6, 6.07) is 11.7. The molecular formula is C16H15N5. The molecule has 0 bridgehead atoms. The first-order valence-electron chi connectivity index (χ1n) is 6.64. The molecule has 21 heavy (non-hydrogen) atoms. The highest BCUT2D eigenvalue weighted by Crippen LogP contribution is 2.26. The Morgan fingerprint density at radius 3 is 2.38 bits per heavy atom. The molecular weight excluding hydrogens is 262 g/mol. The fourth-order valence-corrected chi connectivity index (χ4v) is 2.11. The van der Waals surface area contributed by atoms with E-state index < -0.39 is 0 Å². The first kappa shape index (κ1) is 13.2. The number of aromatic nitrogens is 4. The molecule has 0 saturated carbocycles. The molecule has 0 saturated heterocycles. The van der Waals surface area contributed by atoms with Crippen LogP contribution in [0.5, 0.6) is 0 Å². The van der Waals surface area contributed by atoms with Crippen molar-refractivity contribution in [1.82, 2.24) is 19.9 Å². The SMILES string of the molecule is Cc1nccc(-c2nc(N)c(C)c(-c3ccccc3)n2)n1. The van der Waals surface area contributed by atoms with Crippen molar-refractivity contribution in [2.24, 2.45) is 0 Å². The third-order valence-corrected chi connectivity index (χ3v) is 3.24. The predicted molar refractivity (Wildman–Crippen MR) is 82.4 cm³/mol. The molecule has 104 valence electrons. The number of rotatable bonds is 2. The summed E-state index contributed by atoms with van der Waals surface area (Å²) in [4.78, 5) is 17.4. The molecule has 2 N–H and O–H groups in total. The molecule has 3 rings (SSSR count). The van der Waals surface area contributed by atoms with Crippen molar-refractivity contribution >= 4 is 5.82 Å². The maximum atomic E-state index is 6.04. The zero-order valence-electron chi connectivity index (χ0n) is 11.9. The molecule has 0 atom stereocenters. The molecule has 0 unspecified atom stereocenters. The van der Waals surface area contributed by atoms with Crippen LogP contribution < -0.4 is 5.73 Å². The lowest BCUT2D eigenvalue weighted by molar-refractivity contribution is 1.03. The molecule has 1 aromatic carbocycles. The largest absolute Gasteiger partial charge is 0.383 e. The highest BCUT2D eigenvalue weighted by atomic mass is 15.0. The third-order valence-electron chi connectivity index (χ3n) is 3.24. The molecule has 0 aliphatic carbocycles. The summed E-state index contributed by atoms with van der Waals surface area (Å²) in [7, 11) is 0. The van der Waals surface area contributed by atoms with Crippen LogP contribution in [0.3, 0.4) is 0 Å². The van der Waals surface area contributed by atoms with Crippen LogP contribution in [0.4, 0.5) is 5.82 Å². The van der Waals surface area contributed by atoms with Gasteiger partial charge in [-0.25, -0.2) is 19.9 Å². The summed E-state index contributed by atoms with van der Waals surface area (Å²) in [5.41, 5.74) is 9.42. The predicted octanol–water partition coefficient (Wildman–Crippen LogP) is 2.80. The normalized spacial score (nSPS) is 10.6. The molecule has 0 aliphatic rings. The monoisotopic (exact) mass is 277 g/mol. The van der Waals surface area contributed by atoms with Crippen LogP contribution in [0.1, 0.15) is 11.4 Å². The Kier molecular flexibility index (Phi) is 3.31. The number of hydrogen-bond acceptors (Lipinski definition) is 5. The van der Waals surface area contributed by atoms with Crippen LogP contribution in [0, 0.1) is 13.8 Å². The fourth-order valence-electron chi connectivity index (χ4n) is 2.11. The van der Waals surface area contributed by atoms with Gasteiger partial charge in [0.2, 0.25) is 0 Å². The van der Waals surface area contributed by atoms with E-state index in [0.717, 1.165) is 16.8 Å². The van der Waals surface area contributed by atoms with E-state index in [0.29, 0.717) is 23.2 Å². The van der Waals surface area contributed by atoms with Crippen molar-refractivity contribution in [3.05, 3.63) is 54.0 Å². The Morgan fingerprint density at radius 1 is 0.905 bits per heavy atom. The number of benzene rings is 1. The Morgan fingerprint density at radius 2 is 1.67 bits per heavy atom. The number of aryl methyl sites for hydroxylation is 1. The highest BCUT2D eigenvalue weighted by molar-refractivity contribution is 5.70. The van der Waals surface area contributed by atoms with Crippen LogP contribution >= 0.6 is 0 Å². The zero-order valence-corrected chi connectivity index (χ0v) is 11.9. The molecule has 0 aliphatic heterocycles. The molecule has 0 amide bonds. The maximum Gasteiger partial charge on any atom is 0.180 e. The summed E-state index contributed by atoms with van der Waals surface area (Å²) in [6.07, 6.45) is 1.69. The van der Waals surface area contributed by atoms with Gasteiger partial charge in [0.1, 0.15) is 17.3 Å². The van der Waals surface area contributed by atoms with E-state index in [1.807, 2.05) is 44.2 Å².